The summed E-state index contributed by atoms with van der Waals surface area (Å²) in [5.41, 5.74) is 3.36. The molecule has 1 aliphatic rings. The average Bonchev–Trinajstić information content (AvgIpc) is 3.29. The van der Waals surface area contributed by atoms with Gasteiger partial charge < -0.3 is 14.3 Å². The molecule has 1 unspecified atom stereocenters. The Morgan fingerprint density at radius 1 is 1.03 bits per heavy atom. The molecule has 1 saturated heterocycles. The Labute approximate surface area is 183 Å². The van der Waals surface area contributed by atoms with E-state index in [0.29, 0.717) is 19.6 Å². The third-order valence-corrected chi connectivity index (χ3v) is 5.84. The van der Waals surface area contributed by atoms with Crippen LogP contribution >= 0.6 is 0 Å². The van der Waals surface area contributed by atoms with Crippen LogP contribution in [0.2, 0.25) is 0 Å². The van der Waals surface area contributed by atoms with Crippen molar-refractivity contribution >= 4 is 5.97 Å². The zero-order valence-electron chi connectivity index (χ0n) is 17.7. The third kappa shape index (κ3) is 5.56. The summed E-state index contributed by atoms with van der Waals surface area (Å²) in [6.07, 6.45) is 6.74. The normalized spacial score (nSPS) is 16.1. The number of unbranched alkanes of at least 4 members (excludes halogenated alkanes) is 2. The summed E-state index contributed by atoms with van der Waals surface area (Å²) in [7, 11) is 0. The number of benzene rings is 2. The van der Waals surface area contributed by atoms with Crippen molar-refractivity contribution < 1.29 is 19.1 Å². The first-order valence-electron chi connectivity index (χ1n) is 11.0. The van der Waals surface area contributed by atoms with Gasteiger partial charge in [0.05, 0.1) is 18.4 Å². The van der Waals surface area contributed by atoms with Crippen LogP contribution in [0.3, 0.4) is 0 Å². The zero-order valence-corrected chi connectivity index (χ0v) is 17.7. The molecule has 0 aliphatic carbocycles. The molecule has 0 saturated carbocycles. The van der Waals surface area contributed by atoms with Gasteiger partial charge in [-0.05, 0) is 67.5 Å². The minimum absolute atomic E-state index is 0.376. The second kappa shape index (κ2) is 10.3. The van der Waals surface area contributed by atoms with Crippen LogP contribution in [0.5, 0.6) is 5.75 Å². The molecule has 2 heterocycles. The van der Waals surface area contributed by atoms with Crippen molar-refractivity contribution in [1.82, 2.24) is 4.90 Å². The van der Waals surface area contributed by atoms with Crippen LogP contribution in [0.1, 0.15) is 36.8 Å². The lowest BCUT2D eigenvalue weighted by Crippen LogP contribution is -2.51. The van der Waals surface area contributed by atoms with Gasteiger partial charge in [0.25, 0.3) is 0 Å². The zero-order chi connectivity index (χ0) is 21.5. The van der Waals surface area contributed by atoms with E-state index < -0.39 is 5.97 Å². The molecule has 4 rings (SSSR count). The Kier molecular flexibility index (Phi) is 7.05. The summed E-state index contributed by atoms with van der Waals surface area (Å²) >= 11 is 0. The van der Waals surface area contributed by atoms with Crippen molar-refractivity contribution in [3.8, 4) is 17.1 Å². The predicted octanol–water partition coefficient (Wildman–Crippen LogP) is 5.40. The number of hydrogen-bond acceptors (Lipinski definition) is 4. The molecule has 0 amide bonds. The second-order valence-electron chi connectivity index (χ2n) is 8.07. The minimum atomic E-state index is -0.746. The Hall–Kier alpha value is -3.05. The van der Waals surface area contributed by atoms with Gasteiger partial charge in [-0.1, -0.05) is 36.4 Å². The van der Waals surface area contributed by atoms with Crippen molar-refractivity contribution in [2.75, 3.05) is 13.2 Å². The van der Waals surface area contributed by atoms with Crippen molar-refractivity contribution in [1.29, 1.82) is 0 Å². The number of nitrogens with zero attached hydrogens (tertiary/aromatic N) is 1. The average molecular weight is 420 g/mol. The number of aryl methyl sites for hydroxylation is 1. The Morgan fingerprint density at radius 3 is 2.61 bits per heavy atom. The summed E-state index contributed by atoms with van der Waals surface area (Å²) in [6, 6.07) is 20.0. The highest BCUT2D eigenvalue weighted by atomic mass is 16.5. The SMILES string of the molecule is O=C(O)C1CCN1Cc1ccc(OCCCCCc2ccccc2)c(-c2ccco2)c1. The number of furan rings is 1. The van der Waals surface area contributed by atoms with E-state index in [1.165, 1.54) is 5.56 Å². The molecule has 1 atom stereocenters. The number of carboxylic acids is 1. The van der Waals surface area contributed by atoms with E-state index in [1.54, 1.807) is 6.26 Å². The van der Waals surface area contributed by atoms with Gasteiger partial charge in [-0.15, -0.1) is 0 Å². The highest BCUT2D eigenvalue weighted by Gasteiger charge is 2.33. The fourth-order valence-corrected chi connectivity index (χ4v) is 4.00. The van der Waals surface area contributed by atoms with E-state index >= 15 is 0 Å². The lowest BCUT2D eigenvalue weighted by Gasteiger charge is -2.38. The minimum Gasteiger partial charge on any atom is -0.493 e. The first-order chi connectivity index (χ1) is 15.2. The van der Waals surface area contributed by atoms with Crippen LogP contribution < -0.4 is 4.74 Å². The summed E-state index contributed by atoms with van der Waals surface area (Å²) < 4.78 is 11.7. The molecule has 5 nitrogen and oxygen atoms in total. The fraction of sp³-hybridized carbons (Fsp3) is 0.346. The molecule has 1 aliphatic heterocycles. The topological polar surface area (TPSA) is 62.9 Å². The van der Waals surface area contributed by atoms with Gasteiger partial charge in [0.1, 0.15) is 17.6 Å². The summed E-state index contributed by atoms with van der Waals surface area (Å²) in [5, 5.41) is 9.28. The molecule has 1 N–H and O–H groups in total. The highest BCUT2D eigenvalue weighted by molar-refractivity contribution is 5.74. The molecule has 1 aromatic heterocycles. The van der Waals surface area contributed by atoms with Crippen LogP contribution in [0.25, 0.3) is 11.3 Å². The number of aliphatic carboxylic acids is 1. The Morgan fingerprint density at radius 2 is 1.90 bits per heavy atom. The van der Waals surface area contributed by atoms with Crippen LogP contribution in [0, 0.1) is 0 Å². The van der Waals surface area contributed by atoms with Gasteiger partial charge in [-0.2, -0.15) is 0 Å². The van der Waals surface area contributed by atoms with Crippen LogP contribution in [-0.2, 0) is 17.8 Å². The van der Waals surface area contributed by atoms with Gasteiger partial charge in [0.2, 0.25) is 0 Å². The quantitative estimate of drug-likeness (QED) is 0.422. The largest absolute Gasteiger partial charge is 0.493 e. The number of rotatable bonds is 11. The van der Waals surface area contributed by atoms with Gasteiger partial charge in [0.15, 0.2) is 0 Å². The summed E-state index contributed by atoms with van der Waals surface area (Å²) in [4.78, 5) is 13.3. The van der Waals surface area contributed by atoms with E-state index in [0.717, 1.165) is 54.9 Å². The predicted molar refractivity (Wildman–Crippen MR) is 120 cm³/mol. The van der Waals surface area contributed by atoms with Crippen molar-refractivity contribution in [3.63, 3.8) is 0 Å². The molecule has 1 fully saturated rings. The number of carboxylic acid groups (broad SMARTS) is 1. The molecule has 0 radical (unpaired) electrons. The maximum absolute atomic E-state index is 11.3. The highest BCUT2D eigenvalue weighted by Crippen LogP contribution is 2.33. The van der Waals surface area contributed by atoms with E-state index in [-0.39, 0.29) is 6.04 Å². The standard InChI is InChI=1S/C26H29NO4/c28-26(29)23-14-15-27(23)19-21-12-13-25(22(18-21)24-11-7-17-31-24)30-16-6-2-5-10-20-8-3-1-4-9-20/h1,3-4,7-9,11-13,17-18,23H,2,5-6,10,14-16,19H2,(H,28,29). The number of ether oxygens (including phenoxy) is 1. The van der Waals surface area contributed by atoms with E-state index in [4.69, 9.17) is 9.15 Å². The van der Waals surface area contributed by atoms with E-state index in [2.05, 4.69) is 30.3 Å². The van der Waals surface area contributed by atoms with Crippen LogP contribution in [-0.4, -0.2) is 35.2 Å². The van der Waals surface area contributed by atoms with Gasteiger partial charge in [-0.3, -0.25) is 9.69 Å². The van der Waals surface area contributed by atoms with Crippen molar-refractivity contribution in [2.45, 2.75) is 44.7 Å². The molecule has 5 heteroatoms. The van der Waals surface area contributed by atoms with E-state index in [9.17, 15) is 9.90 Å². The lowest BCUT2D eigenvalue weighted by atomic mass is 10.0. The summed E-state index contributed by atoms with van der Waals surface area (Å²) in [5.74, 6) is 0.823. The van der Waals surface area contributed by atoms with Crippen molar-refractivity contribution in [3.05, 3.63) is 78.1 Å². The molecule has 31 heavy (non-hydrogen) atoms. The molecule has 0 bridgehead atoms. The van der Waals surface area contributed by atoms with Crippen LogP contribution in [0.15, 0.2) is 71.3 Å². The van der Waals surface area contributed by atoms with Gasteiger partial charge in [0, 0.05) is 13.1 Å². The number of likely N-dealkylation sites (tertiary alicyclic amines) is 1. The molecule has 2 aromatic carbocycles. The maximum atomic E-state index is 11.3. The molecule has 0 spiro atoms. The van der Waals surface area contributed by atoms with Gasteiger partial charge in [-0.25, -0.2) is 0 Å². The smallest absolute Gasteiger partial charge is 0.320 e. The first-order valence-corrected chi connectivity index (χ1v) is 11.0. The lowest BCUT2D eigenvalue weighted by molar-refractivity contribution is -0.148. The molecular weight excluding hydrogens is 390 g/mol. The van der Waals surface area contributed by atoms with Crippen molar-refractivity contribution in [2.24, 2.45) is 0 Å². The third-order valence-electron chi connectivity index (χ3n) is 5.84. The Bertz CT molecular complexity index is 968. The number of carbonyl (C=O) groups is 1. The monoisotopic (exact) mass is 419 g/mol. The summed E-state index contributed by atoms with van der Waals surface area (Å²) in [6.45, 7) is 2.09. The van der Waals surface area contributed by atoms with E-state index in [1.807, 2.05) is 35.2 Å². The fourth-order valence-electron chi connectivity index (χ4n) is 4.00. The van der Waals surface area contributed by atoms with Crippen LogP contribution in [0.4, 0.5) is 0 Å². The molecule has 3 aromatic rings. The molecule has 162 valence electrons. The number of hydrogen-bond donors (Lipinski definition) is 1. The Balaban J connectivity index is 1.33. The first kappa shape index (κ1) is 21.2. The second-order valence-corrected chi connectivity index (χ2v) is 8.07. The molecular formula is C26H29NO4. The maximum Gasteiger partial charge on any atom is 0.320 e. The van der Waals surface area contributed by atoms with Gasteiger partial charge >= 0.3 is 5.97 Å².